The van der Waals surface area contributed by atoms with Crippen LogP contribution in [-0.4, -0.2) is 60.4 Å². The summed E-state index contributed by atoms with van der Waals surface area (Å²) in [5.74, 6) is -0.195. The molecule has 1 N–H and O–H groups in total. The number of carbonyl (C=O) groups excluding carboxylic acids is 2. The Balaban J connectivity index is 1.46. The summed E-state index contributed by atoms with van der Waals surface area (Å²) in [6, 6.07) is 10.7. The van der Waals surface area contributed by atoms with Crippen molar-refractivity contribution >= 4 is 11.8 Å². The maximum Gasteiger partial charge on any atom is 0.312 e. The van der Waals surface area contributed by atoms with Crippen molar-refractivity contribution in [1.29, 1.82) is 0 Å². The molecule has 2 heterocycles. The Morgan fingerprint density at radius 1 is 1.22 bits per heavy atom. The minimum Gasteiger partial charge on any atom is -0.346 e. The van der Waals surface area contributed by atoms with Gasteiger partial charge in [-0.15, -0.1) is 0 Å². The normalized spacial score (nSPS) is 23.3. The molecule has 124 valence electrons. The van der Waals surface area contributed by atoms with Gasteiger partial charge < -0.3 is 10.2 Å². The number of hydrogen-bond acceptors (Lipinski definition) is 3. The van der Waals surface area contributed by atoms with Crippen molar-refractivity contribution in [3.8, 4) is 0 Å². The van der Waals surface area contributed by atoms with Gasteiger partial charge >= 0.3 is 11.8 Å². The van der Waals surface area contributed by atoms with Crippen LogP contribution in [0.4, 0.5) is 0 Å². The van der Waals surface area contributed by atoms with Crippen molar-refractivity contribution in [3.05, 3.63) is 35.9 Å². The fourth-order valence-electron chi connectivity index (χ4n) is 3.53. The summed E-state index contributed by atoms with van der Waals surface area (Å²) < 4.78 is 0. The SMILES string of the molecule is CC(CCc1ccccc1)CN1CCN2C(=O)C(=O)NCC2C1. The number of benzene rings is 1. The highest BCUT2D eigenvalue weighted by molar-refractivity contribution is 6.35. The topological polar surface area (TPSA) is 52.7 Å². The van der Waals surface area contributed by atoms with Gasteiger partial charge in [-0.25, -0.2) is 0 Å². The third kappa shape index (κ3) is 3.91. The third-order valence-corrected chi connectivity index (χ3v) is 4.86. The zero-order valence-corrected chi connectivity index (χ0v) is 13.7. The van der Waals surface area contributed by atoms with Crippen LogP contribution < -0.4 is 5.32 Å². The number of rotatable bonds is 5. The minimum absolute atomic E-state index is 0.135. The Morgan fingerprint density at radius 3 is 2.78 bits per heavy atom. The largest absolute Gasteiger partial charge is 0.346 e. The van der Waals surface area contributed by atoms with Gasteiger partial charge in [0.25, 0.3) is 0 Å². The van der Waals surface area contributed by atoms with Gasteiger partial charge in [0.15, 0.2) is 0 Å². The van der Waals surface area contributed by atoms with Crippen LogP contribution in [-0.2, 0) is 16.0 Å². The first-order valence-electron chi connectivity index (χ1n) is 8.48. The minimum atomic E-state index is -0.453. The lowest BCUT2D eigenvalue weighted by atomic mass is 9.99. The zero-order chi connectivity index (χ0) is 16.2. The number of hydrogen-bond donors (Lipinski definition) is 1. The third-order valence-electron chi connectivity index (χ3n) is 4.86. The van der Waals surface area contributed by atoms with Crippen LogP contribution in [0.3, 0.4) is 0 Å². The van der Waals surface area contributed by atoms with E-state index in [-0.39, 0.29) is 11.9 Å². The zero-order valence-electron chi connectivity index (χ0n) is 13.7. The van der Waals surface area contributed by atoms with E-state index in [1.807, 2.05) is 0 Å². The van der Waals surface area contributed by atoms with Gasteiger partial charge in [-0.2, -0.15) is 0 Å². The average Bonchev–Trinajstić information content (AvgIpc) is 2.57. The molecule has 2 aliphatic rings. The van der Waals surface area contributed by atoms with Gasteiger partial charge in [-0.1, -0.05) is 37.3 Å². The van der Waals surface area contributed by atoms with Crippen molar-refractivity contribution in [1.82, 2.24) is 15.1 Å². The summed E-state index contributed by atoms with van der Waals surface area (Å²) in [4.78, 5) is 27.4. The summed E-state index contributed by atoms with van der Waals surface area (Å²) in [5, 5.41) is 2.69. The van der Waals surface area contributed by atoms with Gasteiger partial charge in [0.2, 0.25) is 0 Å². The molecule has 0 radical (unpaired) electrons. The first-order valence-corrected chi connectivity index (χ1v) is 8.48. The number of amides is 2. The van der Waals surface area contributed by atoms with E-state index in [0.29, 0.717) is 19.0 Å². The van der Waals surface area contributed by atoms with E-state index in [1.54, 1.807) is 4.90 Å². The molecule has 0 spiro atoms. The number of nitrogens with one attached hydrogen (secondary N) is 1. The lowest BCUT2D eigenvalue weighted by molar-refractivity contribution is -0.152. The van der Waals surface area contributed by atoms with Crippen LogP contribution in [0.25, 0.3) is 0 Å². The molecular formula is C18H25N3O2. The molecule has 2 atom stereocenters. The molecule has 1 aromatic rings. The second kappa shape index (κ2) is 7.13. The number of piperazine rings is 2. The molecule has 0 bridgehead atoms. The van der Waals surface area contributed by atoms with E-state index in [4.69, 9.17) is 0 Å². The van der Waals surface area contributed by atoms with Crippen LogP contribution in [0.1, 0.15) is 18.9 Å². The van der Waals surface area contributed by atoms with Crippen LogP contribution >= 0.6 is 0 Å². The first-order chi connectivity index (χ1) is 11.1. The highest BCUT2D eigenvalue weighted by Crippen LogP contribution is 2.16. The molecule has 0 aromatic heterocycles. The van der Waals surface area contributed by atoms with Crippen LogP contribution in [0.15, 0.2) is 30.3 Å². The molecule has 5 heteroatoms. The molecule has 2 unspecified atom stereocenters. The number of fused-ring (bicyclic) bond motifs is 1. The second-order valence-corrected chi connectivity index (χ2v) is 6.75. The average molecular weight is 315 g/mol. The fourth-order valence-corrected chi connectivity index (χ4v) is 3.53. The Labute approximate surface area is 137 Å². The molecule has 0 saturated carbocycles. The fraction of sp³-hybridized carbons (Fsp3) is 0.556. The Hall–Kier alpha value is -1.88. The summed E-state index contributed by atoms with van der Waals surface area (Å²) in [7, 11) is 0. The Bertz CT molecular complexity index is 561. The van der Waals surface area contributed by atoms with Gasteiger partial charge in [0, 0.05) is 32.7 Å². The van der Waals surface area contributed by atoms with E-state index in [0.717, 1.165) is 26.1 Å². The summed E-state index contributed by atoms with van der Waals surface area (Å²) in [6.07, 6.45) is 2.28. The summed E-state index contributed by atoms with van der Waals surface area (Å²) >= 11 is 0. The number of aryl methyl sites for hydroxylation is 1. The molecular weight excluding hydrogens is 290 g/mol. The molecule has 23 heavy (non-hydrogen) atoms. The molecule has 2 aliphatic heterocycles. The number of nitrogens with zero attached hydrogens (tertiary/aromatic N) is 2. The van der Waals surface area contributed by atoms with Crippen molar-refractivity contribution < 1.29 is 9.59 Å². The summed E-state index contributed by atoms with van der Waals surface area (Å²) in [6.45, 7) is 6.33. The van der Waals surface area contributed by atoms with Gasteiger partial charge in [-0.05, 0) is 24.3 Å². The quantitative estimate of drug-likeness (QED) is 0.822. The second-order valence-electron chi connectivity index (χ2n) is 6.75. The van der Waals surface area contributed by atoms with Gasteiger partial charge in [0.05, 0.1) is 6.04 Å². The van der Waals surface area contributed by atoms with Crippen molar-refractivity contribution in [2.45, 2.75) is 25.8 Å². The van der Waals surface area contributed by atoms with Crippen molar-refractivity contribution in [3.63, 3.8) is 0 Å². The van der Waals surface area contributed by atoms with Gasteiger partial charge in [-0.3, -0.25) is 14.5 Å². The van der Waals surface area contributed by atoms with E-state index < -0.39 is 5.91 Å². The van der Waals surface area contributed by atoms with E-state index in [9.17, 15) is 9.59 Å². The molecule has 3 rings (SSSR count). The lowest BCUT2D eigenvalue weighted by Crippen LogP contribution is -2.65. The molecule has 2 fully saturated rings. The highest BCUT2D eigenvalue weighted by Gasteiger charge is 2.37. The van der Waals surface area contributed by atoms with Crippen LogP contribution in [0, 0.1) is 5.92 Å². The maximum absolute atomic E-state index is 11.8. The Kier molecular flexibility index (Phi) is 4.96. The lowest BCUT2D eigenvalue weighted by Gasteiger charge is -2.44. The van der Waals surface area contributed by atoms with Crippen LogP contribution in [0.2, 0.25) is 0 Å². The first kappa shape index (κ1) is 16.0. The Morgan fingerprint density at radius 2 is 2.00 bits per heavy atom. The summed E-state index contributed by atoms with van der Waals surface area (Å²) in [5.41, 5.74) is 1.39. The predicted octanol–water partition coefficient (Wildman–Crippen LogP) is 0.898. The molecule has 5 nitrogen and oxygen atoms in total. The van der Waals surface area contributed by atoms with E-state index in [1.165, 1.54) is 12.0 Å². The molecule has 2 saturated heterocycles. The van der Waals surface area contributed by atoms with Crippen molar-refractivity contribution in [2.24, 2.45) is 5.92 Å². The number of carbonyl (C=O) groups is 2. The van der Waals surface area contributed by atoms with E-state index >= 15 is 0 Å². The maximum atomic E-state index is 11.8. The standard InChI is InChI=1S/C18H25N3O2/c1-14(7-8-15-5-3-2-4-6-15)12-20-9-10-21-16(13-20)11-19-17(22)18(21)23/h2-6,14,16H,7-13H2,1H3,(H,19,22). The molecule has 0 aliphatic carbocycles. The van der Waals surface area contributed by atoms with E-state index in [2.05, 4.69) is 47.5 Å². The van der Waals surface area contributed by atoms with Crippen molar-refractivity contribution in [2.75, 3.05) is 32.7 Å². The molecule has 2 amide bonds. The smallest absolute Gasteiger partial charge is 0.312 e. The van der Waals surface area contributed by atoms with Gasteiger partial charge in [0.1, 0.15) is 0 Å². The van der Waals surface area contributed by atoms with Crippen LogP contribution in [0.5, 0.6) is 0 Å². The molecule has 1 aromatic carbocycles. The monoisotopic (exact) mass is 315 g/mol. The predicted molar refractivity (Wildman–Crippen MR) is 88.9 cm³/mol. The highest BCUT2D eigenvalue weighted by atomic mass is 16.2.